The van der Waals surface area contributed by atoms with Gasteiger partial charge < -0.3 is 14.6 Å². The maximum atomic E-state index is 10.8. The van der Waals surface area contributed by atoms with Crippen LogP contribution in [-0.2, 0) is 19.1 Å². The van der Waals surface area contributed by atoms with E-state index in [-0.39, 0.29) is 19.6 Å². The molecule has 0 heterocycles. The first-order valence-electron chi connectivity index (χ1n) is 4.09. The van der Waals surface area contributed by atoms with Crippen LogP contribution in [0.25, 0.3) is 0 Å². The van der Waals surface area contributed by atoms with E-state index in [0.717, 1.165) is 0 Å². The van der Waals surface area contributed by atoms with Gasteiger partial charge in [-0.25, -0.2) is 0 Å². The third kappa shape index (κ3) is 7.48. The van der Waals surface area contributed by atoms with Gasteiger partial charge in [0.2, 0.25) is 6.79 Å². The van der Waals surface area contributed by atoms with Gasteiger partial charge in [-0.15, -0.1) is 0 Å². The molecule has 0 aliphatic heterocycles. The van der Waals surface area contributed by atoms with E-state index in [2.05, 4.69) is 4.74 Å². The van der Waals surface area contributed by atoms with E-state index < -0.39 is 11.9 Å². The van der Waals surface area contributed by atoms with Crippen LogP contribution in [0.4, 0.5) is 0 Å². The molecule has 0 saturated carbocycles. The first-order chi connectivity index (χ1) is 6.56. The lowest BCUT2D eigenvalue weighted by Crippen LogP contribution is -2.12. The van der Waals surface area contributed by atoms with Gasteiger partial charge in [-0.1, -0.05) is 6.92 Å². The zero-order valence-corrected chi connectivity index (χ0v) is 8.63. The molecule has 0 amide bonds. The van der Waals surface area contributed by atoms with Crippen LogP contribution in [0.3, 0.4) is 0 Å². The van der Waals surface area contributed by atoms with Gasteiger partial charge in [-0.05, 0) is 12.2 Å². The predicted molar refractivity (Wildman–Crippen MR) is 51.8 cm³/mol. The Morgan fingerprint density at radius 3 is 2.43 bits per heavy atom. The SMILES string of the molecule is CCC(=S)OCOC(=O)CCC(=O)O. The summed E-state index contributed by atoms with van der Waals surface area (Å²) in [6.45, 7) is 1.57. The molecule has 14 heavy (non-hydrogen) atoms. The minimum absolute atomic E-state index is 0.155. The fourth-order valence-electron chi connectivity index (χ4n) is 0.544. The molecule has 0 aromatic rings. The van der Waals surface area contributed by atoms with E-state index in [0.29, 0.717) is 11.5 Å². The average Bonchev–Trinajstić information content (AvgIpc) is 2.14. The summed E-state index contributed by atoms with van der Waals surface area (Å²) in [6.07, 6.45) is 0.177. The number of carboxylic acids is 1. The number of carboxylic acid groups (broad SMARTS) is 1. The lowest BCUT2D eigenvalue weighted by atomic mass is 10.3. The summed E-state index contributed by atoms with van der Waals surface area (Å²) in [6, 6.07) is 0. The molecule has 6 heteroatoms. The Morgan fingerprint density at radius 1 is 1.29 bits per heavy atom. The maximum Gasteiger partial charge on any atom is 0.309 e. The van der Waals surface area contributed by atoms with Crippen molar-refractivity contribution in [1.29, 1.82) is 0 Å². The molecule has 0 fully saturated rings. The smallest absolute Gasteiger partial charge is 0.309 e. The summed E-state index contributed by atoms with van der Waals surface area (Å²) in [5.41, 5.74) is 0. The minimum Gasteiger partial charge on any atom is -0.481 e. The largest absolute Gasteiger partial charge is 0.481 e. The number of esters is 1. The third-order valence-electron chi connectivity index (χ3n) is 1.27. The van der Waals surface area contributed by atoms with Gasteiger partial charge in [-0.2, -0.15) is 0 Å². The molecule has 0 aromatic heterocycles. The van der Waals surface area contributed by atoms with Crippen LogP contribution in [-0.4, -0.2) is 28.9 Å². The van der Waals surface area contributed by atoms with Crippen LogP contribution in [0.5, 0.6) is 0 Å². The lowest BCUT2D eigenvalue weighted by molar-refractivity contribution is -0.153. The van der Waals surface area contributed by atoms with Gasteiger partial charge in [0.05, 0.1) is 12.8 Å². The van der Waals surface area contributed by atoms with Gasteiger partial charge in [0.15, 0.2) is 5.05 Å². The second-order valence-electron chi connectivity index (χ2n) is 2.40. The van der Waals surface area contributed by atoms with Crippen LogP contribution in [0.15, 0.2) is 0 Å². The Morgan fingerprint density at radius 2 is 1.93 bits per heavy atom. The van der Waals surface area contributed by atoms with E-state index in [4.69, 9.17) is 22.1 Å². The molecule has 0 rings (SSSR count). The molecule has 0 saturated heterocycles. The summed E-state index contributed by atoms with van der Waals surface area (Å²) in [7, 11) is 0. The summed E-state index contributed by atoms with van der Waals surface area (Å²) < 4.78 is 9.36. The quantitative estimate of drug-likeness (QED) is 0.410. The Kier molecular flexibility index (Phi) is 6.65. The molecule has 0 spiro atoms. The number of rotatable bonds is 6. The molecular weight excluding hydrogens is 208 g/mol. The lowest BCUT2D eigenvalue weighted by Gasteiger charge is -2.05. The molecule has 0 bridgehead atoms. The Bertz CT molecular complexity index is 226. The van der Waals surface area contributed by atoms with Crippen molar-refractivity contribution in [2.24, 2.45) is 0 Å². The average molecular weight is 220 g/mol. The molecule has 0 aliphatic rings. The summed E-state index contributed by atoms with van der Waals surface area (Å²) >= 11 is 4.71. The highest BCUT2D eigenvalue weighted by Gasteiger charge is 2.06. The van der Waals surface area contributed by atoms with Crippen LogP contribution >= 0.6 is 12.2 Å². The van der Waals surface area contributed by atoms with Crippen LogP contribution in [0.2, 0.25) is 0 Å². The van der Waals surface area contributed by atoms with Crippen molar-refractivity contribution < 1.29 is 24.2 Å². The summed E-state index contributed by atoms with van der Waals surface area (Å²) in [5.74, 6) is -1.64. The van der Waals surface area contributed by atoms with E-state index in [1.54, 1.807) is 0 Å². The van der Waals surface area contributed by atoms with Crippen molar-refractivity contribution >= 4 is 29.2 Å². The number of carbonyl (C=O) groups is 2. The first kappa shape index (κ1) is 12.8. The Hall–Kier alpha value is -1.17. The number of hydrogen-bond donors (Lipinski definition) is 1. The van der Waals surface area contributed by atoms with Crippen molar-refractivity contribution in [1.82, 2.24) is 0 Å². The molecule has 0 unspecified atom stereocenters. The van der Waals surface area contributed by atoms with E-state index >= 15 is 0 Å². The van der Waals surface area contributed by atoms with E-state index in [1.807, 2.05) is 6.92 Å². The first-order valence-corrected chi connectivity index (χ1v) is 4.50. The normalized spacial score (nSPS) is 9.21. The van der Waals surface area contributed by atoms with Crippen LogP contribution in [0, 0.1) is 0 Å². The highest BCUT2D eigenvalue weighted by Crippen LogP contribution is 1.94. The Labute approximate surface area is 87.0 Å². The van der Waals surface area contributed by atoms with Gasteiger partial charge >= 0.3 is 11.9 Å². The molecule has 0 radical (unpaired) electrons. The molecule has 5 nitrogen and oxygen atoms in total. The summed E-state index contributed by atoms with van der Waals surface area (Å²) in [4.78, 5) is 20.9. The van der Waals surface area contributed by atoms with Crippen LogP contribution in [0.1, 0.15) is 26.2 Å². The second-order valence-corrected chi connectivity index (χ2v) is 2.85. The fourth-order valence-corrected chi connectivity index (χ4v) is 0.592. The van der Waals surface area contributed by atoms with Gasteiger partial charge in [-0.3, -0.25) is 9.59 Å². The molecular formula is C8H12O5S. The zero-order valence-electron chi connectivity index (χ0n) is 7.82. The second kappa shape index (κ2) is 7.25. The van der Waals surface area contributed by atoms with Crippen molar-refractivity contribution in [3.63, 3.8) is 0 Å². The number of ether oxygens (including phenoxy) is 2. The minimum atomic E-state index is -1.04. The standard InChI is InChI=1S/C8H12O5S/c1-2-8(14)13-5-12-7(11)4-3-6(9)10/h2-5H2,1H3,(H,9,10). The highest BCUT2D eigenvalue weighted by molar-refractivity contribution is 7.80. The highest BCUT2D eigenvalue weighted by atomic mass is 32.1. The maximum absolute atomic E-state index is 10.8. The third-order valence-corrected chi connectivity index (χ3v) is 1.68. The fraction of sp³-hybridized carbons (Fsp3) is 0.625. The van der Waals surface area contributed by atoms with Crippen molar-refractivity contribution in [2.75, 3.05) is 6.79 Å². The van der Waals surface area contributed by atoms with Gasteiger partial charge in [0, 0.05) is 6.42 Å². The molecule has 1 N–H and O–H groups in total. The molecule has 0 aliphatic carbocycles. The molecule has 0 atom stereocenters. The van der Waals surface area contributed by atoms with Crippen LogP contribution < -0.4 is 0 Å². The topological polar surface area (TPSA) is 72.8 Å². The zero-order chi connectivity index (χ0) is 11.0. The Balaban J connectivity index is 3.45. The summed E-state index contributed by atoms with van der Waals surface area (Å²) in [5, 5.41) is 8.61. The van der Waals surface area contributed by atoms with Gasteiger partial charge in [0.1, 0.15) is 0 Å². The van der Waals surface area contributed by atoms with Crippen molar-refractivity contribution in [3.05, 3.63) is 0 Å². The van der Waals surface area contributed by atoms with Crippen molar-refractivity contribution in [2.45, 2.75) is 26.2 Å². The van der Waals surface area contributed by atoms with E-state index in [9.17, 15) is 9.59 Å². The van der Waals surface area contributed by atoms with Crippen molar-refractivity contribution in [3.8, 4) is 0 Å². The molecule has 0 aromatic carbocycles. The number of aliphatic carboxylic acids is 1. The number of hydrogen-bond acceptors (Lipinski definition) is 5. The monoisotopic (exact) mass is 220 g/mol. The number of thiocarbonyl (C=S) groups is 1. The van der Waals surface area contributed by atoms with E-state index in [1.165, 1.54) is 0 Å². The van der Waals surface area contributed by atoms with Gasteiger partial charge in [0.25, 0.3) is 0 Å². The predicted octanol–water partition coefficient (Wildman–Crippen LogP) is 1.11. The number of carbonyl (C=O) groups excluding carboxylic acids is 1. The molecule has 80 valence electrons.